The van der Waals surface area contributed by atoms with Gasteiger partial charge >= 0.3 is 0 Å². The van der Waals surface area contributed by atoms with Crippen LogP contribution >= 0.6 is 45.8 Å². The summed E-state index contributed by atoms with van der Waals surface area (Å²) in [5, 5.41) is 10.6. The minimum Gasteiger partial charge on any atom is -0.457 e. The number of hydrogen-bond donors (Lipinski definition) is 0. The molecule has 0 aliphatic heterocycles. The number of nitriles is 1. The molecule has 1 heterocycles. The molecule has 0 N–H and O–H groups in total. The molecule has 0 unspecified atom stereocenters. The molecule has 0 aliphatic rings. The minimum absolute atomic E-state index is 0.532. The van der Waals surface area contributed by atoms with Crippen LogP contribution < -0.4 is 0 Å². The van der Waals surface area contributed by atoms with E-state index in [2.05, 4.69) is 28.7 Å². The second kappa shape index (κ2) is 7.43. The van der Waals surface area contributed by atoms with Gasteiger partial charge < -0.3 is 4.42 Å². The fraction of sp³-hybridized carbons (Fsp3) is 0. The summed E-state index contributed by atoms with van der Waals surface area (Å²) in [5.74, 6) is 1.18. The predicted octanol–water partition coefficient (Wildman–Crippen LogP) is 6.92. The quantitative estimate of drug-likeness (QED) is 0.311. The van der Waals surface area contributed by atoms with Crippen LogP contribution in [0.4, 0.5) is 0 Å². The summed E-state index contributed by atoms with van der Waals surface area (Å²) < 4.78 is 6.93. The lowest BCUT2D eigenvalue weighted by atomic mass is 10.1. The maximum atomic E-state index is 9.41. The zero-order valence-corrected chi connectivity index (χ0v) is 15.9. The van der Waals surface area contributed by atoms with Gasteiger partial charge in [0, 0.05) is 14.2 Å². The van der Waals surface area contributed by atoms with Crippen LogP contribution in [0.2, 0.25) is 10.0 Å². The highest BCUT2D eigenvalue weighted by Gasteiger charge is 2.10. The fourth-order valence-corrected chi connectivity index (χ4v) is 2.96. The van der Waals surface area contributed by atoms with Crippen molar-refractivity contribution in [2.75, 3.05) is 0 Å². The summed E-state index contributed by atoms with van der Waals surface area (Å²) in [5.41, 5.74) is 2.10. The standard InChI is InChI=1S/C19H10Cl2INO/c20-14-3-7-18(21)17(10-14)19-8-6-16(24-19)9-13(11-23)12-1-4-15(22)5-2-12/h1-10H/b13-9-. The van der Waals surface area contributed by atoms with Crippen molar-refractivity contribution in [2.45, 2.75) is 0 Å². The largest absolute Gasteiger partial charge is 0.457 e. The van der Waals surface area contributed by atoms with Crippen molar-refractivity contribution in [2.24, 2.45) is 0 Å². The Morgan fingerprint density at radius 2 is 1.79 bits per heavy atom. The first kappa shape index (κ1) is 17.1. The molecule has 0 saturated heterocycles. The van der Waals surface area contributed by atoms with E-state index in [4.69, 9.17) is 27.6 Å². The molecule has 2 nitrogen and oxygen atoms in total. The topological polar surface area (TPSA) is 36.9 Å². The van der Waals surface area contributed by atoms with Gasteiger partial charge in [-0.1, -0.05) is 35.3 Å². The van der Waals surface area contributed by atoms with Gasteiger partial charge in [0.2, 0.25) is 0 Å². The molecule has 0 amide bonds. The van der Waals surface area contributed by atoms with E-state index in [0.29, 0.717) is 27.1 Å². The molecule has 0 spiro atoms. The summed E-state index contributed by atoms with van der Waals surface area (Å²) in [6, 6.07) is 18.8. The average Bonchev–Trinajstić information content (AvgIpc) is 3.04. The summed E-state index contributed by atoms with van der Waals surface area (Å²) in [6.07, 6.45) is 1.71. The Morgan fingerprint density at radius 3 is 2.50 bits per heavy atom. The first-order valence-electron chi connectivity index (χ1n) is 7.00. The van der Waals surface area contributed by atoms with Crippen LogP contribution in [0.25, 0.3) is 23.0 Å². The van der Waals surface area contributed by atoms with Gasteiger partial charge in [0.05, 0.1) is 16.7 Å². The summed E-state index contributed by atoms with van der Waals surface area (Å²) >= 11 is 14.4. The predicted molar refractivity (Wildman–Crippen MR) is 107 cm³/mol. The van der Waals surface area contributed by atoms with E-state index in [1.54, 1.807) is 30.3 Å². The highest BCUT2D eigenvalue weighted by atomic mass is 127. The summed E-state index contributed by atoms with van der Waals surface area (Å²) in [7, 11) is 0. The Morgan fingerprint density at radius 1 is 1.04 bits per heavy atom. The van der Waals surface area contributed by atoms with Crippen LogP contribution in [0.15, 0.2) is 59.0 Å². The van der Waals surface area contributed by atoms with Crippen molar-refractivity contribution < 1.29 is 4.42 Å². The molecule has 24 heavy (non-hydrogen) atoms. The van der Waals surface area contributed by atoms with E-state index in [1.165, 1.54) is 0 Å². The van der Waals surface area contributed by atoms with E-state index in [-0.39, 0.29) is 0 Å². The first-order chi connectivity index (χ1) is 11.6. The van der Waals surface area contributed by atoms with Gasteiger partial charge in [-0.2, -0.15) is 5.26 Å². The van der Waals surface area contributed by atoms with Crippen LogP contribution in [0.3, 0.4) is 0 Å². The van der Waals surface area contributed by atoms with Crippen molar-refractivity contribution >= 4 is 57.4 Å². The van der Waals surface area contributed by atoms with Gasteiger partial charge in [0.15, 0.2) is 0 Å². The number of furan rings is 1. The van der Waals surface area contributed by atoms with Gasteiger partial charge in [-0.15, -0.1) is 0 Å². The smallest absolute Gasteiger partial charge is 0.136 e. The number of halogens is 3. The molecule has 0 bridgehead atoms. The molecule has 118 valence electrons. The highest BCUT2D eigenvalue weighted by Crippen LogP contribution is 2.32. The molecule has 0 saturated carbocycles. The Hall–Kier alpha value is -1.74. The van der Waals surface area contributed by atoms with E-state index in [1.807, 2.05) is 30.3 Å². The van der Waals surface area contributed by atoms with Gasteiger partial charge in [-0.05, 0) is 76.7 Å². The van der Waals surface area contributed by atoms with Crippen molar-refractivity contribution in [1.82, 2.24) is 0 Å². The maximum absolute atomic E-state index is 9.41. The second-order valence-electron chi connectivity index (χ2n) is 5.00. The zero-order valence-electron chi connectivity index (χ0n) is 12.3. The molecule has 3 aromatic rings. The Bertz CT molecular complexity index is 952. The van der Waals surface area contributed by atoms with Crippen LogP contribution in [0, 0.1) is 14.9 Å². The Balaban J connectivity index is 1.96. The minimum atomic E-state index is 0.532. The third-order valence-corrected chi connectivity index (χ3v) is 4.67. The average molecular weight is 466 g/mol. The molecule has 1 aromatic heterocycles. The van der Waals surface area contributed by atoms with E-state index in [9.17, 15) is 5.26 Å². The summed E-state index contributed by atoms with van der Waals surface area (Å²) in [6.45, 7) is 0. The third kappa shape index (κ3) is 3.84. The molecular weight excluding hydrogens is 456 g/mol. The number of allylic oxidation sites excluding steroid dienone is 1. The Kier molecular flexibility index (Phi) is 5.30. The number of nitrogens with zero attached hydrogens (tertiary/aromatic N) is 1. The molecule has 0 radical (unpaired) electrons. The summed E-state index contributed by atoms with van der Waals surface area (Å²) in [4.78, 5) is 0. The third-order valence-electron chi connectivity index (χ3n) is 3.38. The SMILES string of the molecule is N#C/C(=C/c1ccc(-c2cc(Cl)ccc2Cl)o1)c1ccc(I)cc1. The van der Waals surface area contributed by atoms with Gasteiger partial charge in [0.25, 0.3) is 0 Å². The lowest BCUT2D eigenvalue weighted by Gasteiger charge is -2.01. The Labute approximate surface area is 163 Å². The van der Waals surface area contributed by atoms with Crippen LogP contribution in [0.5, 0.6) is 0 Å². The molecule has 0 fully saturated rings. The maximum Gasteiger partial charge on any atom is 0.136 e. The molecule has 5 heteroatoms. The number of rotatable bonds is 3. The van der Waals surface area contributed by atoms with Crippen molar-refractivity contribution in [3.05, 3.63) is 79.5 Å². The fourth-order valence-electron chi connectivity index (χ4n) is 2.21. The van der Waals surface area contributed by atoms with Gasteiger partial charge in [-0.3, -0.25) is 0 Å². The second-order valence-corrected chi connectivity index (χ2v) is 7.09. The molecule has 3 rings (SSSR count). The van der Waals surface area contributed by atoms with Gasteiger partial charge in [0.1, 0.15) is 11.5 Å². The van der Waals surface area contributed by atoms with Gasteiger partial charge in [-0.25, -0.2) is 0 Å². The van der Waals surface area contributed by atoms with Crippen molar-refractivity contribution in [3.8, 4) is 17.4 Å². The molecule has 0 aliphatic carbocycles. The first-order valence-corrected chi connectivity index (χ1v) is 8.83. The normalized spacial score (nSPS) is 11.3. The molecular formula is C19H10Cl2INO. The lowest BCUT2D eigenvalue weighted by molar-refractivity contribution is 0.572. The van der Waals surface area contributed by atoms with Crippen molar-refractivity contribution in [1.29, 1.82) is 5.26 Å². The van der Waals surface area contributed by atoms with E-state index >= 15 is 0 Å². The van der Waals surface area contributed by atoms with E-state index in [0.717, 1.165) is 14.7 Å². The highest BCUT2D eigenvalue weighted by molar-refractivity contribution is 14.1. The van der Waals surface area contributed by atoms with Crippen LogP contribution in [0.1, 0.15) is 11.3 Å². The van der Waals surface area contributed by atoms with Crippen LogP contribution in [-0.4, -0.2) is 0 Å². The van der Waals surface area contributed by atoms with Crippen LogP contribution in [-0.2, 0) is 0 Å². The lowest BCUT2D eigenvalue weighted by Crippen LogP contribution is -1.81. The monoisotopic (exact) mass is 465 g/mol. The molecule has 2 aromatic carbocycles. The van der Waals surface area contributed by atoms with E-state index < -0.39 is 0 Å². The van der Waals surface area contributed by atoms with Crippen molar-refractivity contribution in [3.63, 3.8) is 0 Å². The number of hydrogen-bond acceptors (Lipinski definition) is 2. The molecule has 0 atom stereocenters. The zero-order chi connectivity index (χ0) is 17.1. The number of benzene rings is 2.